The van der Waals surface area contributed by atoms with Gasteiger partial charge in [0.2, 0.25) is 0 Å². The van der Waals surface area contributed by atoms with Crippen LogP contribution in [-0.4, -0.2) is 25.3 Å². The normalized spacial score (nSPS) is 10.5. The van der Waals surface area contributed by atoms with Gasteiger partial charge in [-0.2, -0.15) is 0 Å². The predicted octanol–water partition coefficient (Wildman–Crippen LogP) is 0.173. The Kier molecular flexibility index (Phi) is 1.04. The molecule has 0 fully saturated rings. The molecular weight excluding hydrogens is 154 g/mol. The highest BCUT2D eigenvalue weighted by Crippen LogP contribution is 2.02. The monoisotopic (exact) mass is 155 g/mol. The lowest BCUT2D eigenvalue weighted by Crippen LogP contribution is -1.92. The van der Waals surface area contributed by atoms with Crippen LogP contribution in [0.1, 0.15) is 0 Å². The molecule has 0 unspecified atom stereocenters. The molecule has 0 saturated heterocycles. The quantitative estimate of drug-likeness (QED) is 0.544. The molecule has 0 aliphatic carbocycles. The van der Waals surface area contributed by atoms with E-state index >= 15 is 0 Å². The number of tetrazole rings is 1. The third-order valence-corrected chi connectivity index (χ3v) is 1.24. The van der Waals surface area contributed by atoms with E-state index in [2.05, 4.69) is 20.6 Å². The van der Waals surface area contributed by atoms with Crippen LogP contribution in [0.2, 0.25) is 5.15 Å². The van der Waals surface area contributed by atoms with Crippen molar-refractivity contribution in [3.63, 3.8) is 0 Å². The fraction of sp³-hybridized carbons (Fsp3) is 0. The van der Waals surface area contributed by atoms with Gasteiger partial charge >= 0.3 is 0 Å². The van der Waals surface area contributed by atoms with Crippen LogP contribution in [0.5, 0.6) is 0 Å². The van der Waals surface area contributed by atoms with Crippen molar-refractivity contribution in [2.75, 3.05) is 0 Å². The van der Waals surface area contributed by atoms with Crippen LogP contribution >= 0.6 is 11.6 Å². The van der Waals surface area contributed by atoms with Gasteiger partial charge in [0.15, 0.2) is 10.8 Å². The molecule has 0 atom stereocenters. The standard InChI is InChI=1S/C4H2ClN5/c5-3-1-2-4-6-8-9-10(4)7-3/h1-2H. The minimum absolute atomic E-state index is 0.375. The second-order valence-electron chi connectivity index (χ2n) is 1.68. The van der Waals surface area contributed by atoms with Gasteiger partial charge in [-0.25, -0.2) is 0 Å². The van der Waals surface area contributed by atoms with Gasteiger partial charge in [0.1, 0.15) is 0 Å². The second kappa shape index (κ2) is 1.88. The van der Waals surface area contributed by atoms with E-state index in [9.17, 15) is 0 Å². The summed E-state index contributed by atoms with van der Waals surface area (Å²) >= 11 is 5.55. The zero-order valence-corrected chi connectivity index (χ0v) is 5.52. The molecule has 0 bridgehead atoms. The molecule has 10 heavy (non-hydrogen) atoms. The highest BCUT2D eigenvalue weighted by atomic mass is 35.5. The smallest absolute Gasteiger partial charge is 0.135 e. The van der Waals surface area contributed by atoms with E-state index in [-0.39, 0.29) is 0 Å². The number of rotatable bonds is 0. The maximum Gasteiger partial charge on any atom is 0.200 e. The lowest BCUT2D eigenvalue weighted by molar-refractivity contribution is 0.733. The molecule has 0 aromatic carbocycles. The Morgan fingerprint density at radius 3 is 3.20 bits per heavy atom. The maximum absolute atomic E-state index is 5.55. The molecule has 2 aromatic rings. The van der Waals surface area contributed by atoms with Crippen LogP contribution in [-0.2, 0) is 0 Å². The van der Waals surface area contributed by atoms with Crippen molar-refractivity contribution in [2.45, 2.75) is 0 Å². The molecule has 2 heterocycles. The lowest BCUT2D eigenvalue weighted by atomic mass is 10.6. The summed E-state index contributed by atoms with van der Waals surface area (Å²) in [6.07, 6.45) is 0. The molecule has 0 amide bonds. The van der Waals surface area contributed by atoms with Crippen LogP contribution in [0.4, 0.5) is 0 Å². The van der Waals surface area contributed by atoms with Crippen molar-refractivity contribution in [1.29, 1.82) is 0 Å². The van der Waals surface area contributed by atoms with E-state index in [1.54, 1.807) is 12.1 Å². The first-order valence-corrected chi connectivity index (χ1v) is 2.95. The molecule has 2 aromatic heterocycles. The van der Waals surface area contributed by atoms with Gasteiger partial charge in [-0.05, 0) is 22.6 Å². The van der Waals surface area contributed by atoms with Crippen LogP contribution in [0, 0.1) is 0 Å². The average molecular weight is 156 g/mol. The Labute approximate surface area is 60.6 Å². The summed E-state index contributed by atoms with van der Waals surface area (Å²) in [5, 5.41) is 14.7. The number of aromatic nitrogens is 5. The first kappa shape index (κ1) is 5.55. The first-order chi connectivity index (χ1) is 4.86. The Bertz CT molecular complexity index is 355. The zero-order valence-electron chi connectivity index (χ0n) is 4.77. The van der Waals surface area contributed by atoms with Gasteiger partial charge in [0.05, 0.1) is 0 Å². The molecular formula is C4H2ClN5. The largest absolute Gasteiger partial charge is 0.200 e. The first-order valence-electron chi connectivity index (χ1n) is 2.57. The number of halogens is 1. The number of hydrogen-bond acceptors (Lipinski definition) is 4. The summed E-state index contributed by atoms with van der Waals surface area (Å²) in [4.78, 5) is 0. The summed E-state index contributed by atoms with van der Waals surface area (Å²) in [6.45, 7) is 0. The van der Waals surface area contributed by atoms with E-state index in [0.29, 0.717) is 10.8 Å². The SMILES string of the molecule is Clc1ccc2nnnn2n1. The average Bonchev–Trinajstić information content (AvgIpc) is 2.33. The van der Waals surface area contributed by atoms with Crippen molar-refractivity contribution in [3.05, 3.63) is 17.3 Å². The Morgan fingerprint density at radius 1 is 1.40 bits per heavy atom. The van der Waals surface area contributed by atoms with Crippen molar-refractivity contribution in [3.8, 4) is 0 Å². The van der Waals surface area contributed by atoms with Gasteiger partial charge in [0.25, 0.3) is 0 Å². The number of hydrogen-bond donors (Lipinski definition) is 0. The van der Waals surface area contributed by atoms with Crippen molar-refractivity contribution in [2.24, 2.45) is 0 Å². The molecule has 0 aliphatic rings. The van der Waals surface area contributed by atoms with E-state index in [1.165, 1.54) is 4.63 Å². The Morgan fingerprint density at radius 2 is 2.30 bits per heavy atom. The fourth-order valence-corrected chi connectivity index (χ4v) is 0.762. The highest BCUT2D eigenvalue weighted by molar-refractivity contribution is 6.29. The Balaban J connectivity index is 2.86. The van der Waals surface area contributed by atoms with Crippen molar-refractivity contribution < 1.29 is 0 Å². The summed E-state index contributed by atoms with van der Waals surface area (Å²) in [6, 6.07) is 3.32. The molecule has 50 valence electrons. The Hall–Kier alpha value is -1.23. The summed E-state index contributed by atoms with van der Waals surface area (Å²) in [7, 11) is 0. The molecule has 0 N–H and O–H groups in total. The van der Waals surface area contributed by atoms with Gasteiger partial charge in [-0.15, -0.1) is 14.8 Å². The van der Waals surface area contributed by atoms with Crippen LogP contribution < -0.4 is 0 Å². The number of nitrogens with zero attached hydrogens (tertiary/aromatic N) is 5. The van der Waals surface area contributed by atoms with Gasteiger partial charge in [0, 0.05) is 0 Å². The van der Waals surface area contributed by atoms with Crippen LogP contribution in [0.25, 0.3) is 5.65 Å². The zero-order chi connectivity index (χ0) is 6.97. The van der Waals surface area contributed by atoms with E-state index in [4.69, 9.17) is 11.6 Å². The van der Waals surface area contributed by atoms with Crippen LogP contribution in [0.3, 0.4) is 0 Å². The number of fused-ring (bicyclic) bond motifs is 1. The summed E-state index contributed by atoms with van der Waals surface area (Å²) in [5.41, 5.74) is 0.587. The van der Waals surface area contributed by atoms with Crippen molar-refractivity contribution >= 4 is 17.2 Å². The molecule has 5 nitrogen and oxygen atoms in total. The van der Waals surface area contributed by atoms with E-state index < -0.39 is 0 Å². The van der Waals surface area contributed by atoms with Gasteiger partial charge in [-0.3, -0.25) is 0 Å². The fourth-order valence-electron chi connectivity index (χ4n) is 0.628. The van der Waals surface area contributed by atoms with Gasteiger partial charge in [-0.1, -0.05) is 11.6 Å². The molecule has 0 saturated carbocycles. The molecule has 2 rings (SSSR count). The summed E-state index contributed by atoms with van der Waals surface area (Å²) in [5.74, 6) is 0. The third kappa shape index (κ3) is 0.714. The van der Waals surface area contributed by atoms with Crippen molar-refractivity contribution in [1.82, 2.24) is 25.3 Å². The molecule has 6 heteroatoms. The van der Waals surface area contributed by atoms with Crippen LogP contribution in [0.15, 0.2) is 12.1 Å². The molecule has 0 radical (unpaired) electrons. The predicted molar refractivity (Wildman–Crippen MR) is 33.6 cm³/mol. The third-order valence-electron chi connectivity index (χ3n) is 1.04. The van der Waals surface area contributed by atoms with E-state index in [0.717, 1.165) is 0 Å². The minimum Gasteiger partial charge on any atom is -0.135 e. The lowest BCUT2D eigenvalue weighted by Gasteiger charge is -1.86. The summed E-state index contributed by atoms with van der Waals surface area (Å²) < 4.78 is 1.27. The van der Waals surface area contributed by atoms with E-state index in [1.807, 2.05) is 0 Å². The molecule has 0 aliphatic heterocycles. The molecule has 0 spiro atoms. The highest BCUT2D eigenvalue weighted by Gasteiger charge is 1.95. The topological polar surface area (TPSA) is 56.0 Å². The minimum atomic E-state index is 0.375. The second-order valence-corrected chi connectivity index (χ2v) is 2.07. The maximum atomic E-state index is 5.55. The van der Waals surface area contributed by atoms with Gasteiger partial charge < -0.3 is 0 Å².